The molecule has 4 heteroatoms. The van der Waals surface area contributed by atoms with Crippen molar-refractivity contribution in [3.63, 3.8) is 0 Å². The summed E-state index contributed by atoms with van der Waals surface area (Å²) < 4.78 is 0. The normalized spacial score (nSPS) is 10.2. The highest BCUT2D eigenvalue weighted by atomic mass is 16.4. The van der Waals surface area contributed by atoms with E-state index in [9.17, 15) is 4.79 Å². The molecule has 0 atom stereocenters. The molecule has 1 N–H and O–H groups in total. The van der Waals surface area contributed by atoms with Gasteiger partial charge in [0.2, 0.25) is 0 Å². The molecular formula is C16H18N2O2. The van der Waals surface area contributed by atoms with Crippen molar-refractivity contribution in [1.82, 2.24) is 4.98 Å². The second-order valence-corrected chi connectivity index (χ2v) is 4.72. The largest absolute Gasteiger partial charge is 0.480 e. The highest BCUT2D eigenvalue weighted by Gasteiger charge is 2.10. The minimum atomic E-state index is -0.827. The Morgan fingerprint density at radius 2 is 1.95 bits per heavy atom. The molecule has 104 valence electrons. The van der Waals surface area contributed by atoms with Gasteiger partial charge in [0.15, 0.2) is 0 Å². The highest BCUT2D eigenvalue weighted by Crippen LogP contribution is 2.15. The minimum Gasteiger partial charge on any atom is -0.480 e. The van der Waals surface area contributed by atoms with Crippen LogP contribution in [0.2, 0.25) is 0 Å². The van der Waals surface area contributed by atoms with Gasteiger partial charge in [-0.25, -0.2) is 0 Å². The molecule has 0 unspecified atom stereocenters. The molecule has 0 saturated heterocycles. The van der Waals surface area contributed by atoms with Crippen molar-refractivity contribution in [1.29, 1.82) is 0 Å². The molecule has 0 aliphatic heterocycles. The predicted octanol–water partition coefficient (Wildman–Crippen LogP) is 2.52. The van der Waals surface area contributed by atoms with E-state index in [1.165, 1.54) is 0 Å². The van der Waals surface area contributed by atoms with E-state index in [-0.39, 0.29) is 6.54 Å². The fourth-order valence-corrected chi connectivity index (χ4v) is 2.01. The monoisotopic (exact) mass is 270 g/mol. The molecule has 20 heavy (non-hydrogen) atoms. The van der Waals surface area contributed by atoms with Gasteiger partial charge in [0.25, 0.3) is 0 Å². The lowest BCUT2D eigenvalue weighted by atomic mass is 10.2. The van der Waals surface area contributed by atoms with Crippen LogP contribution in [0.5, 0.6) is 0 Å². The van der Waals surface area contributed by atoms with E-state index in [2.05, 4.69) is 4.98 Å². The number of rotatable bonds is 6. The first kappa shape index (κ1) is 14.1. The zero-order chi connectivity index (χ0) is 14.4. The van der Waals surface area contributed by atoms with Crippen molar-refractivity contribution in [3.05, 3.63) is 59.9 Å². The number of carbonyl (C=O) groups is 1. The van der Waals surface area contributed by atoms with Crippen LogP contribution in [0.3, 0.4) is 0 Å². The lowest BCUT2D eigenvalue weighted by Gasteiger charge is -2.22. The van der Waals surface area contributed by atoms with E-state index >= 15 is 0 Å². The number of hydrogen-bond donors (Lipinski definition) is 1. The molecule has 1 aromatic carbocycles. The Morgan fingerprint density at radius 3 is 2.55 bits per heavy atom. The van der Waals surface area contributed by atoms with Crippen LogP contribution in [-0.4, -0.2) is 29.1 Å². The Morgan fingerprint density at radius 1 is 1.20 bits per heavy atom. The molecule has 0 fully saturated rings. The Balaban J connectivity index is 2.07. The summed E-state index contributed by atoms with van der Waals surface area (Å²) in [6.07, 6.45) is 2.48. The minimum absolute atomic E-state index is 0.00407. The zero-order valence-electron chi connectivity index (χ0n) is 11.5. The molecule has 2 aromatic rings. The van der Waals surface area contributed by atoms with Gasteiger partial charge < -0.3 is 10.0 Å². The second kappa shape index (κ2) is 6.70. The SMILES string of the molecule is Cc1ccc(N(CCc2ccccn2)CC(=O)O)cc1. The van der Waals surface area contributed by atoms with Crippen molar-refractivity contribution in [2.24, 2.45) is 0 Å². The molecule has 0 amide bonds. The maximum absolute atomic E-state index is 11.0. The van der Waals surface area contributed by atoms with Crippen molar-refractivity contribution in [3.8, 4) is 0 Å². The Bertz CT molecular complexity index is 552. The summed E-state index contributed by atoms with van der Waals surface area (Å²) in [6, 6.07) is 13.7. The third-order valence-electron chi connectivity index (χ3n) is 3.09. The predicted molar refractivity (Wildman–Crippen MR) is 79.0 cm³/mol. The Labute approximate surface area is 118 Å². The molecule has 0 aliphatic carbocycles. The average Bonchev–Trinajstić information content (AvgIpc) is 2.45. The summed E-state index contributed by atoms with van der Waals surface area (Å²) in [5, 5.41) is 9.04. The first-order valence-corrected chi connectivity index (χ1v) is 6.58. The Hall–Kier alpha value is -2.36. The highest BCUT2D eigenvalue weighted by molar-refractivity contribution is 5.73. The summed E-state index contributed by atoms with van der Waals surface area (Å²) in [4.78, 5) is 17.1. The van der Waals surface area contributed by atoms with Gasteiger partial charge in [-0.05, 0) is 31.2 Å². The van der Waals surface area contributed by atoms with Crippen LogP contribution >= 0.6 is 0 Å². The number of anilines is 1. The third kappa shape index (κ3) is 4.09. The molecule has 4 nitrogen and oxygen atoms in total. The van der Waals surface area contributed by atoms with Gasteiger partial charge in [0.05, 0.1) is 0 Å². The van der Waals surface area contributed by atoms with Crippen molar-refractivity contribution < 1.29 is 9.90 Å². The molecule has 0 aliphatic rings. The van der Waals surface area contributed by atoms with Crippen LogP contribution < -0.4 is 4.90 Å². The van der Waals surface area contributed by atoms with Crippen LogP contribution in [0, 0.1) is 6.92 Å². The van der Waals surface area contributed by atoms with E-state index < -0.39 is 5.97 Å². The van der Waals surface area contributed by atoms with Crippen LogP contribution in [0.1, 0.15) is 11.3 Å². The number of hydrogen-bond acceptors (Lipinski definition) is 3. The van der Waals surface area contributed by atoms with E-state index in [4.69, 9.17) is 5.11 Å². The Kier molecular flexibility index (Phi) is 4.71. The van der Waals surface area contributed by atoms with Gasteiger partial charge in [-0.15, -0.1) is 0 Å². The maximum atomic E-state index is 11.0. The van der Waals surface area contributed by atoms with Crippen LogP contribution in [0.25, 0.3) is 0 Å². The number of benzene rings is 1. The number of aromatic nitrogens is 1. The summed E-state index contributed by atoms with van der Waals surface area (Å²) in [5.41, 5.74) is 3.05. The third-order valence-corrected chi connectivity index (χ3v) is 3.09. The fraction of sp³-hybridized carbons (Fsp3) is 0.250. The first-order valence-electron chi connectivity index (χ1n) is 6.58. The van der Waals surface area contributed by atoms with Crippen LogP contribution in [-0.2, 0) is 11.2 Å². The summed E-state index contributed by atoms with van der Waals surface area (Å²) in [7, 11) is 0. The van der Waals surface area contributed by atoms with E-state index in [0.29, 0.717) is 6.54 Å². The van der Waals surface area contributed by atoms with Gasteiger partial charge in [0, 0.05) is 30.5 Å². The molecule has 0 radical (unpaired) electrons. The second-order valence-electron chi connectivity index (χ2n) is 4.72. The molecule has 1 heterocycles. The van der Waals surface area contributed by atoms with Crippen molar-refractivity contribution in [2.45, 2.75) is 13.3 Å². The number of carboxylic acids is 1. The van der Waals surface area contributed by atoms with Crippen molar-refractivity contribution in [2.75, 3.05) is 18.0 Å². The van der Waals surface area contributed by atoms with Crippen molar-refractivity contribution >= 4 is 11.7 Å². The van der Waals surface area contributed by atoms with Crippen LogP contribution in [0.4, 0.5) is 5.69 Å². The van der Waals surface area contributed by atoms with Gasteiger partial charge in [-0.3, -0.25) is 9.78 Å². The van der Waals surface area contributed by atoms with Gasteiger partial charge >= 0.3 is 5.97 Å². The van der Waals surface area contributed by atoms with E-state index in [1.54, 1.807) is 6.20 Å². The van der Waals surface area contributed by atoms with Gasteiger partial charge in [-0.1, -0.05) is 23.8 Å². The molecule has 0 spiro atoms. The lowest BCUT2D eigenvalue weighted by Crippen LogP contribution is -2.31. The molecule has 0 bridgehead atoms. The molecule has 2 rings (SSSR count). The maximum Gasteiger partial charge on any atom is 0.323 e. The molecule has 0 saturated carbocycles. The number of pyridine rings is 1. The van der Waals surface area contributed by atoms with Gasteiger partial charge in [-0.2, -0.15) is 0 Å². The zero-order valence-corrected chi connectivity index (χ0v) is 11.5. The number of aryl methyl sites for hydroxylation is 1. The first-order chi connectivity index (χ1) is 9.65. The summed E-state index contributed by atoms with van der Waals surface area (Å²) in [5.74, 6) is -0.827. The smallest absolute Gasteiger partial charge is 0.323 e. The number of aliphatic carboxylic acids is 1. The van der Waals surface area contributed by atoms with E-state index in [0.717, 1.165) is 23.4 Å². The molecule has 1 aromatic heterocycles. The lowest BCUT2D eigenvalue weighted by molar-refractivity contribution is -0.135. The average molecular weight is 270 g/mol. The number of carboxylic acid groups (broad SMARTS) is 1. The molecular weight excluding hydrogens is 252 g/mol. The number of nitrogens with zero attached hydrogens (tertiary/aromatic N) is 2. The standard InChI is InChI=1S/C16H18N2O2/c1-13-5-7-15(8-6-13)18(12-16(19)20)11-9-14-4-2-3-10-17-14/h2-8,10H,9,11-12H2,1H3,(H,19,20). The quantitative estimate of drug-likeness (QED) is 0.876. The summed E-state index contributed by atoms with van der Waals surface area (Å²) in [6.45, 7) is 2.64. The summed E-state index contributed by atoms with van der Waals surface area (Å²) >= 11 is 0. The topological polar surface area (TPSA) is 53.4 Å². The van der Waals surface area contributed by atoms with E-state index in [1.807, 2.05) is 54.3 Å². The fourth-order valence-electron chi connectivity index (χ4n) is 2.01. The van der Waals surface area contributed by atoms with Crippen LogP contribution in [0.15, 0.2) is 48.7 Å². The van der Waals surface area contributed by atoms with Gasteiger partial charge in [0.1, 0.15) is 6.54 Å².